The summed E-state index contributed by atoms with van der Waals surface area (Å²) in [5.41, 5.74) is -0.560. The van der Waals surface area contributed by atoms with Gasteiger partial charge in [-0.2, -0.15) is 8.78 Å². The predicted octanol–water partition coefficient (Wildman–Crippen LogP) is 3.04. The minimum atomic E-state index is -2.94. The highest BCUT2D eigenvalue weighted by Crippen LogP contribution is 2.33. The molecule has 7 heteroatoms. The van der Waals surface area contributed by atoms with E-state index in [2.05, 4.69) is 10.1 Å². The van der Waals surface area contributed by atoms with Crippen LogP contribution in [0.2, 0.25) is 5.02 Å². The lowest BCUT2D eigenvalue weighted by Gasteiger charge is -2.38. The molecule has 1 aromatic carbocycles. The molecule has 1 aromatic rings. The Morgan fingerprint density at radius 2 is 2.20 bits per heavy atom. The van der Waals surface area contributed by atoms with Crippen LogP contribution in [0.4, 0.5) is 8.78 Å². The molecule has 1 aliphatic rings. The van der Waals surface area contributed by atoms with Crippen molar-refractivity contribution in [1.82, 2.24) is 5.32 Å². The molecular weight excluding hydrogens is 292 g/mol. The molecule has 2 N–H and O–H groups in total. The van der Waals surface area contributed by atoms with Gasteiger partial charge in [0.1, 0.15) is 11.3 Å². The second-order valence-electron chi connectivity index (χ2n) is 4.72. The summed E-state index contributed by atoms with van der Waals surface area (Å²) in [6, 6.07) is 4.28. The lowest BCUT2D eigenvalue weighted by Crippen LogP contribution is -2.56. The summed E-state index contributed by atoms with van der Waals surface area (Å²) in [6.45, 7) is -2.83. The number of carboxylic acid groups (broad SMARTS) is 1. The third-order valence-corrected chi connectivity index (χ3v) is 3.71. The van der Waals surface area contributed by atoms with Crippen molar-refractivity contribution >= 4 is 17.6 Å². The van der Waals surface area contributed by atoms with Crippen LogP contribution < -0.4 is 10.1 Å². The Balaban J connectivity index is 2.11. The van der Waals surface area contributed by atoms with Crippen LogP contribution in [-0.2, 0) is 11.3 Å². The fraction of sp³-hybridized carbons (Fsp3) is 0.462. The number of ether oxygens (including phenoxy) is 1. The van der Waals surface area contributed by atoms with Crippen molar-refractivity contribution in [1.29, 1.82) is 0 Å². The Morgan fingerprint density at radius 3 is 2.70 bits per heavy atom. The standard InChI is InChI=1S/C13H14ClF2NO3/c14-9-2-3-10(20-12(15)16)8(6-9)7-17-13(11(18)19)4-1-5-13/h2-3,6,12,17H,1,4-5,7H2,(H,18,19). The van der Waals surface area contributed by atoms with Crippen molar-refractivity contribution in [3.63, 3.8) is 0 Å². The van der Waals surface area contributed by atoms with E-state index in [0.717, 1.165) is 6.42 Å². The molecule has 1 aliphatic carbocycles. The zero-order chi connectivity index (χ0) is 14.8. The van der Waals surface area contributed by atoms with Crippen LogP contribution in [0.3, 0.4) is 0 Å². The second-order valence-corrected chi connectivity index (χ2v) is 5.16. The lowest BCUT2D eigenvalue weighted by molar-refractivity contribution is -0.148. The molecule has 2 rings (SSSR count). The van der Waals surface area contributed by atoms with Crippen LogP contribution in [0.25, 0.3) is 0 Å². The van der Waals surface area contributed by atoms with Crippen LogP contribution >= 0.6 is 11.6 Å². The van der Waals surface area contributed by atoms with Gasteiger partial charge in [-0.3, -0.25) is 10.1 Å². The first kappa shape index (κ1) is 15.0. The number of halogens is 3. The maximum atomic E-state index is 12.3. The number of alkyl halides is 2. The average molecular weight is 306 g/mol. The van der Waals surface area contributed by atoms with Gasteiger partial charge in [0.15, 0.2) is 0 Å². The van der Waals surface area contributed by atoms with Crippen LogP contribution in [0.1, 0.15) is 24.8 Å². The molecule has 0 saturated heterocycles. The van der Waals surface area contributed by atoms with Crippen molar-refractivity contribution in [2.45, 2.75) is 38.0 Å². The maximum absolute atomic E-state index is 12.3. The average Bonchev–Trinajstić information content (AvgIpc) is 2.30. The van der Waals surface area contributed by atoms with Gasteiger partial charge in [-0.1, -0.05) is 11.6 Å². The van der Waals surface area contributed by atoms with Gasteiger partial charge < -0.3 is 9.84 Å². The van der Waals surface area contributed by atoms with E-state index in [1.807, 2.05) is 0 Å². The second kappa shape index (κ2) is 5.93. The molecular formula is C13H14ClF2NO3. The Labute approximate surface area is 119 Å². The number of carbonyl (C=O) groups is 1. The van der Waals surface area contributed by atoms with Crippen molar-refractivity contribution in [3.05, 3.63) is 28.8 Å². The molecule has 110 valence electrons. The number of hydrogen-bond acceptors (Lipinski definition) is 3. The fourth-order valence-electron chi connectivity index (χ4n) is 2.16. The molecule has 0 radical (unpaired) electrons. The first-order chi connectivity index (χ1) is 9.43. The summed E-state index contributed by atoms with van der Waals surface area (Å²) in [7, 11) is 0. The summed E-state index contributed by atoms with van der Waals surface area (Å²) < 4.78 is 29.0. The van der Waals surface area contributed by atoms with Crippen LogP contribution in [0.15, 0.2) is 18.2 Å². The molecule has 0 atom stereocenters. The number of nitrogens with one attached hydrogen (secondary N) is 1. The highest BCUT2D eigenvalue weighted by molar-refractivity contribution is 6.30. The Kier molecular flexibility index (Phi) is 4.45. The minimum Gasteiger partial charge on any atom is -0.480 e. The molecule has 20 heavy (non-hydrogen) atoms. The molecule has 0 aromatic heterocycles. The van der Waals surface area contributed by atoms with Crippen LogP contribution in [0.5, 0.6) is 5.75 Å². The van der Waals surface area contributed by atoms with E-state index in [0.29, 0.717) is 23.4 Å². The minimum absolute atomic E-state index is 0.00300. The molecule has 4 nitrogen and oxygen atoms in total. The van der Waals surface area contributed by atoms with Gasteiger partial charge in [0.2, 0.25) is 0 Å². The van der Waals surface area contributed by atoms with Crippen molar-refractivity contribution in [2.75, 3.05) is 0 Å². The normalized spacial score (nSPS) is 16.8. The topological polar surface area (TPSA) is 58.6 Å². The molecule has 0 unspecified atom stereocenters. The summed E-state index contributed by atoms with van der Waals surface area (Å²) in [6.07, 6.45) is 1.87. The molecule has 0 bridgehead atoms. The SMILES string of the molecule is O=C(O)C1(NCc2cc(Cl)ccc2OC(F)F)CCC1. The summed E-state index contributed by atoms with van der Waals surface area (Å²) >= 11 is 5.83. The molecule has 1 saturated carbocycles. The third-order valence-electron chi connectivity index (χ3n) is 3.47. The van der Waals surface area contributed by atoms with E-state index >= 15 is 0 Å². The number of hydrogen-bond donors (Lipinski definition) is 2. The van der Waals surface area contributed by atoms with Gasteiger partial charge in [-0.25, -0.2) is 0 Å². The largest absolute Gasteiger partial charge is 0.480 e. The quantitative estimate of drug-likeness (QED) is 0.848. The molecule has 0 aliphatic heterocycles. The Bertz CT molecular complexity index is 506. The monoisotopic (exact) mass is 305 g/mol. The molecule has 1 fully saturated rings. The van der Waals surface area contributed by atoms with Crippen LogP contribution in [-0.4, -0.2) is 23.2 Å². The molecule has 0 amide bonds. The number of aliphatic carboxylic acids is 1. The molecule has 0 spiro atoms. The fourth-order valence-corrected chi connectivity index (χ4v) is 2.35. The van der Waals surface area contributed by atoms with Gasteiger partial charge in [0.25, 0.3) is 0 Å². The van der Waals surface area contributed by atoms with E-state index in [4.69, 9.17) is 11.6 Å². The highest BCUT2D eigenvalue weighted by atomic mass is 35.5. The summed E-state index contributed by atoms with van der Waals surface area (Å²) in [5, 5.41) is 12.5. The maximum Gasteiger partial charge on any atom is 0.387 e. The van der Waals surface area contributed by atoms with Gasteiger partial charge in [-0.05, 0) is 37.5 Å². The van der Waals surface area contributed by atoms with Gasteiger partial charge in [0, 0.05) is 17.1 Å². The smallest absolute Gasteiger partial charge is 0.387 e. The zero-order valence-electron chi connectivity index (χ0n) is 10.5. The Hall–Kier alpha value is -1.40. The van der Waals surface area contributed by atoms with E-state index in [1.54, 1.807) is 0 Å². The first-order valence-electron chi connectivity index (χ1n) is 6.15. The Morgan fingerprint density at radius 1 is 1.50 bits per heavy atom. The van der Waals surface area contributed by atoms with Gasteiger partial charge in [-0.15, -0.1) is 0 Å². The lowest BCUT2D eigenvalue weighted by atomic mass is 9.76. The summed E-state index contributed by atoms with van der Waals surface area (Å²) in [4.78, 5) is 11.2. The molecule has 0 heterocycles. The van der Waals surface area contributed by atoms with E-state index < -0.39 is 18.1 Å². The van der Waals surface area contributed by atoms with Crippen molar-refractivity contribution in [3.8, 4) is 5.75 Å². The van der Waals surface area contributed by atoms with Crippen LogP contribution in [0, 0.1) is 0 Å². The third kappa shape index (κ3) is 3.19. The number of rotatable bonds is 6. The zero-order valence-corrected chi connectivity index (χ0v) is 11.3. The first-order valence-corrected chi connectivity index (χ1v) is 6.52. The van der Waals surface area contributed by atoms with Crippen molar-refractivity contribution in [2.24, 2.45) is 0 Å². The summed E-state index contributed by atoms with van der Waals surface area (Å²) in [5.74, 6) is -0.932. The van der Waals surface area contributed by atoms with E-state index in [-0.39, 0.29) is 12.3 Å². The van der Waals surface area contributed by atoms with Gasteiger partial charge >= 0.3 is 12.6 Å². The van der Waals surface area contributed by atoms with E-state index in [9.17, 15) is 18.7 Å². The highest BCUT2D eigenvalue weighted by Gasteiger charge is 2.43. The van der Waals surface area contributed by atoms with Crippen molar-refractivity contribution < 1.29 is 23.4 Å². The van der Waals surface area contributed by atoms with Gasteiger partial charge in [0.05, 0.1) is 0 Å². The predicted molar refractivity (Wildman–Crippen MR) is 69.1 cm³/mol. The number of carboxylic acids is 1. The number of benzene rings is 1. The van der Waals surface area contributed by atoms with E-state index in [1.165, 1.54) is 18.2 Å².